The predicted molar refractivity (Wildman–Crippen MR) is 74.4 cm³/mol. The van der Waals surface area contributed by atoms with Crippen LogP contribution >= 0.6 is 27.7 Å². The number of H-pyrrole nitrogens is 1. The number of amides is 1. The Balaban J connectivity index is 2.00. The van der Waals surface area contributed by atoms with Gasteiger partial charge in [0, 0.05) is 4.47 Å². The first-order chi connectivity index (χ1) is 9.06. The van der Waals surface area contributed by atoms with Crippen molar-refractivity contribution < 1.29 is 9.18 Å². The lowest BCUT2D eigenvalue weighted by Crippen LogP contribution is -2.23. The first-order valence-electron chi connectivity index (χ1n) is 5.34. The molecule has 1 aromatic heterocycles. The molecular weight excluding hydrogens is 335 g/mol. The fraction of sp³-hybridized carbons (Fsp3) is 0.182. The lowest BCUT2D eigenvalue weighted by atomic mass is 10.3. The molecule has 0 aliphatic heterocycles. The SMILES string of the molecule is C[C@@H](Sc1ncn[nH]1)C(=O)Nc1ccc(Br)cc1F. The van der Waals surface area contributed by atoms with E-state index < -0.39 is 11.1 Å². The fourth-order valence-corrected chi connectivity index (χ4v) is 2.34. The highest BCUT2D eigenvalue weighted by Gasteiger charge is 2.17. The molecule has 0 unspecified atom stereocenters. The first kappa shape index (κ1) is 14.0. The van der Waals surface area contributed by atoms with Crippen molar-refractivity contribution in [2.75, 3.05) is 5.32 Å². The minimum Gasteiger partial charge on any atom is -0.323 e. The van der Waals surface area contributed by atoms with Gasteiger partial charge >= 0.3 is 0 Å². The number of benzene rings is 1. The van der Waals surface area contributed by atoms with Gasteiger partial charge in [-0.1, -0.05) is 27.7 Å². The zero-order valence-corrected chi connectivity index (χ0v) is 12.3. The third-order valence-corrected chi connectivity index (χ3v) is 3.72. The predicted octanol–water partition coefficient (Wildman–Crippen LogP) is 2.83. The summed E-state index contributed by atoms with van der Waals surface area (Å²) in [6, 6.07) is 4.46. The van der Waals surface area contributed by atoms with Crippen LogP contribution < -0.4 is 5.32 Å². The molecule has 2 aromatic rings. The summed E-state index contributed by atoms with van der Waals surface area (Å²) >= 11 is 4.37. The van der Waals surface area contributed by atoms with Gasteiger partial charge in [0.15, 0.2) is 5.16 Å². The van der Waals surface area contributed by atoms with Crippen LogP contribution in [0.4, 0.5) is 10.1 Å². The standard InChI is InChI=1S/C11H10BrFN4OS/c1-6(19-11-14-5-15-17-11)10(18)16-9-3-2-7(12)4-8(9)13/h2-6H,1H3,(H,16,18)(H,14,15,17)/t6-/m1/s1. The summed E-state index contributed by atoms with van der Waals surface area (Å²) in [5.41, 5.74) is 0.151. The van der Waals surface area contributed by atoms with Crippen LogP contribution in [-0.2, 0) is 4.79 Å². The molecule has 0 saturated heterocycles. The minimum atomic E-state index is -0.486. The van der Waals surface area contributed by atoms with Crippen molar-refractivity contribution in [3.63, 3.8) is 0 Å². The van der Waals surface area contributed by atoms with Crippen molar-refractivity contribution in [2.45, 2.75) is 17.3 Å². The highest BCUT2D eigenvalue weighted by Crippen LogP contribution is 2.22. The van der Waals surface area contributed by atoms with Crippen LogP contribution in [0.5, 0.6) is 0 Å². The van der Waals surface area contributed by atoms with Crippen molar-refractivity contribution >= 4 is 39.3 Å². The molecule has 0 aliphatic rings. The summed E-state index contributed by atoms with van der Waals surface area (Å²) in [7, 11) is 0. The van der Waals surface area contributed by atoms with Gasteiger partial charge in [0.2, 0.25) is 5.91 Å². The number of anilines is 1. The van der Waals surface area contributed by atoms with E-state index in [1.807, 2.05) is 0 Å². The molecule has 19 heavy (non-hydrogen) atoms. The van der Waals surface area contributed by atoms with Gasteiger partial charge in [-0.2, -0.15) is 5.10 Å². The van der Waals surface area contributed by atoms with Crippen molar-refractivity contribution in [3.05, 3.63) is 34.8 Å². The molecule has 0 spiro atoms. The quantitative estimate of drug-likeness (QED) is 0.836. The molecule has 5 nitrogen and oxygen atoms in total. The second-order valence-electron chi connectivity index (χ2n) is 3.66. The molecule has 2 N–H and O–H groups in total. The Labute approximate surface area is 121 Å². The molecule has 100 valence electrons. The van der Waals surface area contributed by atoms with Crippen LogP contribution in [0.1, 0.15) is 6.92 Å². The van der Waals surface area contributed by atoms with Gasteiger partial charge in [-0.15, -0.1) is 0 Å². The molecule has 0 aliphatic carbocycles. The van der Waals surface area contributed by atoms with Gasteiger partial charge in [0.05, 0.1) is 10.9 Å². The maximum Gasteiger partial charge on any atom is 0.237 e. The zero-order valence-electron chi connectivity index (χ0n) is 9.85. The number of thioether (sulfide) groups is 1. The van der Waals surface area contributed by atoms with Gasteiger partial charge in [0.25, 0.3) is 0 Å². The van der Waals surface area contributed by atoms with E-state index >= 15 is 0 Å². The van der Waals surface area contributed by atoms with E-state index in [1.165, 1.54) is 30.2 Å². The van der Waals surface area contributed by atoms with E-state index in [1.54, 1.807) is 13.0 Å². The monoisotopic (exact) mass is 344 g/mol. The fourth-order valence-electron chi connectivity index (χ4n) is 1.30. The van der Waals surface area contributed by atoms with Crippen molar-refractivity contribution in [1.82, 2.24) is 15.2 Å². The van der Waals surface area contributed by atoms with Crippen LogP contribution in [0.15, 0.2) is 34.2 Å². The number of carbonyl (C=O) groups is 1. The Morgan fingerprint density at radius 3 is 3.00 bits per heavy atom. The van der Waals surface area contributed by atoms with Crippen molar-refractivity contribution in [3.8, 4) is 0 Å². The second kappa shape index (κ2) is 6.16. The second-order valence-corrected chi connectivity index (χ2v) is 5.91. The zero-order chi connectivity index (χ0) is 13.8. The topological polar surface area (TPSA) is 70.7 Å². The van der Waals surface area contributed by atoms with Crippen molar-refractivity contribution in [2.24, 2.45) is 0 Å². The van der Waals surface area contributed by atoms with E-state index in [2.05, 4.69) is 36.4 Å². The van der Waals surface area contributed by atoms with Crippen LogP contribution in [-0.4, -0.2) is 26.3 Å². The highest BCUT2D eigenvalue weighted by molar-refractivity contribution is 9.10. The summed E-state index contributed by atoms with van der Waals surface area (Å²) in [5, 5.41) is 8.99. The molecule has 0 radical (unpaired) electrons. The Hall–Kier alpha value is -1.41. The van der Waals surface area contributed by atoms with Gasteiger partial charge in [0.1, 0.15) is 12.1 Å². The number of hydrogen-bond donors (Lipinski definition) is 2. The largest absolute Gasteiger partial charge is 0.323 e. The molecule has 0 fully saturated rings. The number of rotatable bonds is 4. The summed E-state index contributed by atoms with van der Waals surface area (Å²) in [4.78, 5) is 15.8. The van der Waals surface area contributed by atoms with Gasteiger partial charge < -0.3 is 5.32 Å². The van der Waals surface area contributed by atoms with Crippen LogP contribution in [0.25, 0.3) is 0 Å². The number of aromatic amines is 1. The number of nitrogens with one attached hydrogen (secondary N) is 2. The molecule has 1 atom stereocenters. The Kier molecular flexibility index (Phi) is 4.54. The Morgan fingerprint density at radius 2 is 2.37 bits per heavy atom. The van der Waals surface area contributed by atoms with Gasteiger partial charge in [-0.25, -0.2) is 9.37 Å². The number of hydrogen-bond acceptors (Lipinski definition) is 4. The van der Waals surface area contributed by atoms with E-state index in [0.29, 0.717) is 9.63 Å². The molecule has 1 heterocycles. The molecule has 0 bridgehead atoms. The Bertz CT molecular complexity index is 578. The molecule has 1 amide bonds. The normalized spacial score (nSPS) is 12.2. The number of aromatic nitrogens is 3. The first-order valence-corrected chi connectivity index (χ1v) is 7.01. The highest BCUT2D eigenvalue weighted by atomic mass is 79.9. The lowest BCUT2D eigenvalue weighted by Gasteiger charge is -2.11. The number of halogens is 2. The Morgan fingerprint density at radius 1 is 1.58 bits per heavy atom. The minimum absolute atomic E-state index is 0.151. The average Bonchev–Trinajstić information content (AvgIpc) is 2.85. The summed E-state index contributed by atoms with van der Waals surface area (Å²) in [6.07, 6.45) is 1.36. The van der Waals surface area contributed by atoms with Crippen LogP contribution in [0.3, 0.4) is 0 Å². The van der Waals surface area contributed by atoms with E-state index in [9.17, 15) is 9.18 Å². The summed E-state index contributed by atoms with van der Waals surface area (Å²) < 4.78 is 14.2. The van der Waals surface area contributed by atoms with Gasteiger partial charge in [-0.3, -0.25) is 9.89 Å². The molecule has 0 saturated carbocycles. The third-order valence-electron chi connectivity index (χ3n) is 2.24. The average molecular weight is 345 g/mol. The van der Waals surface area contributed by atoms with Crippen LogP contribution in [0.2, 0.25) is 0 Å². The summed E-state index contributed by atoms with van der Waals surface area (Å²) in [6.45, 7) is 1.71. The smallest absolute Gasteiger partial charge is 0.237 e. The third kappa shape index (κ3) is 3.77. The maximum absolute atomic E-state index is 13.6. The van der Waals surface area contributed by atoms with Crippen LogP contribution in [0, 0.1) is 5.82 Å². The van der Waals surface area contributed by atoms with Gasteiger partial charge in [-0.05, 0) is 25.1 Å². The number of nitrogens with zero attached hydrogens (tertiary/aromatic N) is 2. The maximum atomic E-state index is 13.6. The molecule has 2 rings (SSSR count). The van der Waals surface area contributed by atoms with Crippen molar-refractivity contribution in [1.29, 1.82) is 0 Å². The summed E-state index contributed by atoms with van der Waals surface area (Å²) in [5.74, 6) is -0.790. The molecule has 1 aromatic carbocycles. The van der Waals surface area contributed by atoms with E-state index in [4.69, 9.17) is 0 Å². The number of carbonyl (C=O) groups excluding carboxylic acids is 1. The molecule has 8 heteroatoms. The molecular formula is C11H10BrFN4OS. The van der Waals surface area contributed by atoms with E-state index in [0.717, 1.165) is 0 Å². The van der Waals surface area contributed by atoms with E-state index in [-0.39, 0.29) is 11.6 Å². The lowest BCUT2D eigenvalue weighted by molar-refractivity contribution is -0.115.